The molecule has 0 saturated carbocycles. The minimum Gasteiger partial charge on any atom is -0.396 e. The number of fused-ring (bicyclic) bond motifs is 1. The van der Waals surface area contributed by atoms with E-state index in [1.165, 1.54) is 12.1 Å². The fourth-order valence-corrected chi connectivity index (χ4v) is 2.97. The number of aliphatic hydroxyl groups excluding tert-OH is 1. The average molecular weight is 318 g/mol. The molecule has 0 unspecified atom stereocenters. The second kappa shape index (κ2) is 7.57. The Balaban J connectivity index is 1.43. The third-order valence-electron chi connectivity index (χ3n) is 4.28. The number of halogens is 1. The molecule has 1 aromatic carbocycles. The van der Waals surface area contributed by atoms with Crippen LogP contribution in [-0.2, 0) is 13.0 Å². The minimum absolute atomic E-state index is 0.122. The van der Waals surface area contributed by atoms with E-state index in [1.807, 2.05) is 16.9 Å². The van der Waals surface area contributed by atoms with Crippen LogP contribution in [0, 0.1) is 17.7 Å². The molecular weight excluding hydrogens is 295 g/mol. The fraction of sp³-hybridized carbons (Fsp3) is 0.471. The fourth-order valence-electron chi connectivity index (χ4n) is 2.97. The van der Waals surface area contributed by atoms with Crippen molar-refractivity contribution in [3.05, 3.63) is 47.9 Å². The molecule has 3 rings (SSSR count). The Morgan fingerprint density at radius 2 is 2.17 bits per heavy atom. The maximum Gasteiger partial charge on any atom is 0.124 e. The van der Waals surface area contributed by atoms with Gasteiger partial charge in [-0.05, 0) is 30.0 Å². The van der Waals surface area contributed by atoms with Crippen molar-refractivity contribution in [2.24, 2.45) is 11.8 Å². The number of nitrogens with one attached hydrogen (secondary N) is 2. The third-order valence-corrected chi connectivity index (χ3v) is 4.28. The molecular formula is C17H23FN4O. The molecule has 2 aromatic rings. The topological polar surface area (TPSA) is 62.1 Å². The molecule has 1 aromatic heterocycles. The van der Waals surface area contributed by atoms with E-state index < -0.39 is 0 Å². The first-order chi connectivity index (χ1) is 11.2. The molecule has 0 spiro atoms. The number of hydrogen-bond donors (Lipinski definition) is 3. The van der Waals surface area contributed by atoms with E-state index in [1.54, 1.807) is 12.1 Å². The first-order valence-corrected chi connectivity index (χ1v) is 8.06. The van der Waals surface area contributed by atoms with Crippen LogP contribution in [0.25, 0.3) is 0 Å². The van der Waals surface area contributed by atoms with Crippen LogP contribution in [0.5, 0.6) is 0 Å². The number of aromatic nitrogens is 2. The molecule has 23 heavy (non-hydrogen) atoms. The lowest BCUT2D eigenvalue weighted by Crippen LogP contribution is -2.37. The number of rotatable bonds is 7. The summed E-state index contributed by atoms with van der Waals surface area (Å²) in [6.07, 6.45) is 2.55. The van der Waals surface area contributed by atoms with E-state index in [4.69, 9.17) is 0 Å². The van der Waals surface area contributed by atoms with Crippen molar-refractivity contribution in [3.8, 4) is 0 Å². The summed E-state index contributed by atoms with van der Waals surface area (Å²) in [5.74, 6) is 1.46. The summed E-state index contributed by atoms with van der Waals surface area (Å²) in [5.41, 5.74) is 1.05. The van der Waals surface area contributed by atoms with Gasteiger partial charge < -0.3 is 15.7 Å². The van der Waals surface area contributed by atoms with Gasteiger partial charge >= 0.3 is 0 Å². The van der Waals surface area contributed by atoms with E-state index in [0.717, 1.165) is 44.0 Å². The van der Waals surface area contributed by atoms with Gasteiger partial charge in [-0.1, -0.05) is 12.1 Å². The molecule has 0 radical (unpaired) electrons. The zero-order valence-corrected chi connectivity index (χ0v) is 13.1. The number of nitrogens with zero attached hydrogens (tertiary/aromatic N) is 2. The van der Waals surface area contributed by atoms with E-state index in [9.17, 15) is 9.50 Å². The summed E-state index contributed by atoms with van der Waals surface area (Å²) in [7, 11) is 0. The molecule has 2 heterocycles. The van der Waals surface area contributed by atoms with Crippen LogP contribution < -0.4 is 10.6 Å². The summed E-state index contributed by atoms with van der Waals surface area (Å²) in [5, 5.41) is 20.6. The molecule has 6 heteroatoms. The molecule has 3 N–H and O–H groups in total. The van der Waals surface area contributed by atoms with Crippen LogP contribution in [0.15, 0.2) is 36.5 Å². The van der Waals surface area contributed by atoms with E-state index in [0.29, 0.717) is 5.92 Å². The highest BCUT2D eigenvalue weighted by molar-refractivity contribution is 5.35. The van der Waals surface area contributed by atoms with Crippen molar-refractivity contribution in [2.75, 3.05) is 31.6 Å². The molecule has 1 aliphatic rings. The lowest BCUT2D eigenvalue weighted by Gasteiger charge is -2.26. The molecule has 1 aliphatic heterocycles. The van der Waals surface area contributed by atoms with Gasteiger partial charge in [0.05, 0.1) is 6.20 Å². The van der Waals surface area contributed by atoms with Crippen molar-refractivity contribution >= 4 is 5.82 Å². The van der Waals surface area contributed by atoms with Gasteiger partial charge in [-0.3, -0.25) is 0 Å². The molecule has 0 aliphatic carbocycles. The predicted molar refractivity (Wildman–Crippen MR) is 87.8 cm³/mol. The second-order valence-electron chi connectivity index (χ2n) is 6.18. The summed E-state index contributed by atoms with van der Waals surface area (Å²) in [6, 6.07) is 8.47. The lowest BCUT2D eigenvalue weighted by molar-refractivity contribution is 0.219. The van der Waals surface area contributed by atoms with Crippen LogP contribution in [-0.4, -0.2) is 41.1 Å². The standard InChI is InChI=1S/C17H23FN4O/c18-16-3-1-13(2-4-16)7-14(12-23)8-19-9-15-10-20-17-5-6-21-22(17)11-15/h1-6,14-15,19-20,23H,7-12H2/t14-,15-/m0/s1. The van der Waals surface area contributed by atoms with Gasteiger partial charge in [-0.25, -0.2) is 9.07 Å². The highest BCUT2D eigenvalue weighted by Gasteiger charge is 2.18. The first-order valence-electron chi connectivity index (χ1n) is 8.06. The monoisotopic (exact) mass is 318 g/mol. The van der Waals surface area contributed by atoms with Gasteiger partial charge in [-0.15, -0.1) is 0 Å². The van der Waals surface area contributed by atoms with Gasteiger partial charge in [0, 0.05) is 44.8 Å². The maximum absolute atomic E-state index is 12.9. The van der Waals surface area contributed by atoms with Gasteiger partial charge in [-0.2, -0.15) is 5.10 Å². The van der Waals surface area contributed by atoms with Crippen LogP contribution in [0.3, 0.4) is 0 Å². The normalized spacial score (nSPS) is 18.3. The first kappa shape index (κ1) is 16.0. The number of aliphatic hydroxyl groups is 1. The third kappa shape index (κ3) is 4.30. The highest BCUT2D eigenvalue weighted by atomic mass is 19.1. The Kier molecular flexibility index (Phi) is 5.25. The Hall–Kier alpha value is -1.92. The Morgan fingerprint density at radius 1 is 1.35 bits per heavy atom. The van der Waals surface area contributed by atoms with Gasteiger partial charge in [0.15, 0.2) is 0 Å². The Morgan fingerprint density at radius 3 is 2.96 bits per heavy atom. The van der Waals surface area contributed by atoms with E-state index >= 15 is 0 Å². The molecule has 0 fully saturated rings. The molecule has 2 atom stereocenters. The summed E-state index contributed by atoms with van der Waals surface area (Å²) in [4.78, 5) is 0. The maximum atomic E-state index is 12.9. The minimum atomic E-state index is -0.227. The number of hydrogen-bond acceptors (Lipinski definition) is 4. The lowest BCUT2D eigenvalue weighted by atomic mass is 9.99. The SMILES string of the molecule is OC[C@H](CNC[C@H]1CNc2ccnn2C1)Cc1ccc(F)cc1. The van der Waals surface area contributed by atoms with Crippen molar-refractivity contribution in [2.45, 2.75) is 13.0 Å². The molecule has 5 nitrogen and oxygen atoms in total. The van der Waals surface area contributed by atoms with Gasteiger partial charge in [0.25, 0.3) is 0 Å². The van der Waals surface area contributed by atoms with Crippen molar-refractivity contribution in [3.63, 3.8) is 0 Å². The molecule has 124 valence electrons. The van der Waals surface area contributed by atoms with Crippen molar-refractivity contribution < 1.29 is 9.50 Å². The van der Waals surface area contributed by atoms with Crippen LogP contribution in [0.4, 0.5) is 10.2 Å². The van der Waals surface area contributed by atoms with E-state index in [-0.39, 0.29) is 18.3 Å². The van der Waals surface area contributed by atoms with Gasteiger partial charge in [0.2, 0.25) is 0 Å². The Bertz CT molecular complexity index is 613. The molecule has 0 bridgehead atoms. The molecule has 0 saturated heterocycles. The van der Waals surface area contributed by atoms with Crippen molar-refractivity contribution in [1.29, 1.82) is 0 Å². The average Bonchev–Trinajstić information content (AvgIpc) is 3.03. The predicted octanol–water partition coefficient (Wildman–Crippen LogP) is 1.50. The van der Waals surface area contributed by atoms with Crippen molar-refractivity contribution in [1.82, 2.24) is 15.1 Å². The zero-order chi connectivity index (χ0) is 16.1. The number of benzene rings is 1. The van der Waals surface area contributed by atoms with E-state index in [2.05, 4.69) is 15.7 Å². The second-order valence-corrected chi connectivity index (χ2v) is 6.18. The van der Waals surface area contributed by atoms with Gasteiger partial charge in [0.1, 0.15) is 11.6 Å². The summed E-state index contributed by atoms with van der Waals surface area (Å²) < 4.78 is 14.9. The zero-order valence-electron chi connectivity index (χ0n) is 13.1. The number of anilines is 1. The van der Waals surface area contributed by atoms with Crippen LogP contribution in [0.1, 0.15) is 5.56 Å². The van der Waals surface area contributed by atoms with Crippen LogP contribution in [0.2, 0.25) is 0 Å². The largest absolute Gasteiger partial charge is 0.396 e. The summed E-state index contributed by atoms with van der Waals surface area (Å²) >= 11 is 0. The smallest absolute Gasteiger partial charge is 0.124 e. The van der Waals surface area contributed by atoms with Crippen LogP contribution >= 0.6 is 0 Å². The summed E-state index contributed by atoms with van der Waals surface area (Å²) in [6.45, 7) is 3.59. The Labute approximate surface area is 135 Å². The highest BCUT2D eigenvalue weighted by Crippen LogP contribution is 2.16. The molecule has 0 amide bonds. The quantitative estimate of drug-likeness (QED) is 0.724.